The maximum Gasteiger partial charge on any atom is 0.269 e. The zero-order valence-corrected chi connectivity index (χ0v) is 22.8. The van der Waals surface area contributed by atoms with Crippen molar-refractivity contribution in [2.45, 2.75) is 102 Å². The predicted octanol–water partition coefficient (Wildman–Crippen LogP) is 7.47. The molecule has 2 saturated carbocycles. The van der Waals surface area contributed by atoms with Gasteiger partial charge in [0.1, 0.15) is 5.94 Å². The Morgan fingerprint density at radius 1 is 0.917 bits per heavy atom. The summed E-state index contributed by atoms with van der Waals surface area (Å²) in [6.45, 7) is 4.30. The summed E-state index contributed by atoms with van der Waals surface area (Å²) in [5, 5.41) is 0. The molecule has 0 radical (unpaired) electrons. The predicted molar refractivity (Wildman–Crippen MR) is 147 cm³/mol. The van der Waals surface area contributed by atoms with Gasteiger partial charge in [0.15, 0.2) is 0 Å². The van der Waals surface area contributed by atoms with Gasteiger partial charge in [-0.15, -0.1) is 0 Å². The summed E-state index contributed by atoms with van der Waals surface area (Å²) in [6.07, 6.45) is 13.6. The second-order valence-corrected chi connectivity index (χ2v) is 13.9. The third-order valence-electron chi connectivity index (χ3n) is 8.22. The second kappa shape index (κ2) is 11.0. The van der Waals surface area contributed by atoms with Crippen LogP contribution >= 0.6 is 0 Å². The van der Waals surface area contributed by atoms with Crippen molar-refractivity contribution in [1.82, 2.24) is 0 Å². The summed E-state index contributed by atoms with van der Waals surface area (Å²) in [6, 6.07) is 13.6. The Balaban J connectivity index is 0.000000331. The molecule has 0 amide bonds. The van der Waals surface area contributed by atoms with Crippen molar-refractivity contribution in [2.75, 3.05) is 0 Å². The lowest BCUT2D eigenvalue weighted by molar-refractivity contribution is 0.355. The smallest absolute Gasteiger partial charge is 0.269 e. The number of fused-ring (bicyclic) bond motifs is 3. The number of hydrogen-bond donors (Lipinski definition) is 1. The molecule has 0 heterocycles. The highest BCUT2D eigenvalue weighted by Crippen LogP contribution is 2.47. The summed E-state index contributed by atoms with van der Waals surface area (Å²) < 4.78 is 27.7. The quantitative estimate of drug-likeness (QED) is 0.294. The van der Waals surface area contributed by atoms with Gasteiger partial charge in [0.2, 0.25) is 0 Å². The highest BCUT2D eigenvalue weighted by molar-refractivity contribution is 7.87. The number of benzene rings is 2. The first-order valence-electron chi connectivity index (χ1n) is 13.5. The van der Waals surface area contributed by atoms with Crippen LogP contribution in [0.1, 0.15) is 107 Å². The largest absolute Gasteiger partial charge is 0.285 e. The topological polar surface area (TPSA) is 71.4 Å². The number of rotatable bonds is 3. The van der Waals surface area contributed by atoms with Crippen molar-refractivity contribution in [3.05, 3.63) is 64.2 Å². The molecule has 2 fully saturated rings. The molecular formula is C31H40O4S. The van der Waals surface area contributed by atoms with Gasteiger partial charge in [0.05, 0.1) is 4.75 Å². The molecule has 0 aromatic heterocycles. The van der Waals surface area contributed by atoms with Gasteiger partial charge in [-0.3, -0.25) is 4.55 Å². The molecule has 2 aromatic carbocycles. The van der Waals surface area contributed by atoms with Gasteiger partial charge in [-0.1, -0.05) is 74.9 Å². The number of hydrogen-bond acceptors (Lipinski definition) is 3. The fourth-order valence-corrected chi connectivity index (χ4v) is 6.05. The standard InChI is InChI=1S/C27H30O.C4H10O3S/c28-18-22-11-5-7-13-24(22)27-21(16-19-8-2-1-3-9-19)14-15-25-23-12-6-4-10-20(23)17-26(25)27;1-4(2,3)8(5,6)7/h4,6,10,12,14-15,19,24H,1-3,5,7-9,11,13,16-17H2;1-3H3,(H,5,6,7). The summed E-state index contributed by atoms with van der Waals surface area (Å²) in [5.41, 5.74) is 9.83. The van der Waals surface area contributed by atoms with E-state index in [1.165, 1.54) is 99.1 Å². The fourth-order valence-electron chi connectivity index (χ4n) is 6.05. The van der Waals surface area contributed by atoms with Crippen LogP contribution in [0.5, 0.6) is 0 Å². The third-order valence-corrected chi connectivity index (χ3v) is 9.77. The third kappa shape index (κ3) is 5.85. The summed E-state index contributed by atoms with van der Waals surface area (Å²) in [4.78, 5) is 11.8. The molecule has 36 heavy (non-hydrogen) atoms. The van der Waals surface area contributed by atoms with Gasteiger partial charge in [0.25, 0.3) is 10.1 Å². The Kier molecular flexibility index (Phi) is 8.24. The van der Waals surface area contributed by atoms with E-state index in [0.717, 1.165) is 37.2 Å². The molecule has 0 saturated heterocycles. The molecule has 0 spiro atoms. The molecule has 194 valence electrons. The molecule has 5 heteroatoms. The minimum atomic E-state index is -3.84. The molecule has 1 N–H and O–H groups in total. The van der Waals surface area contributed by atoms with Gasteiger partial charge in [-0.2, -0.15) is 8.42 Å². The highest BCUT2D eigenvalue weighted by atomic mass is 32.2. The Bertz CT molecular complexity index is 1240. The molecule has 1 unspecified atom stereocenters. The van der Waals surface area contributed by atoms with E-state index in [4.69, 9.17) is 4.55 Å². The van der Waals surface area contributed by atoms with Gasteiger partial charge in [-0.25, -0.2) is 4.79 Å². The first kappa shape index (κ1) is 26.9. The monoisotopic (exact) mass is 508 g/mol. The van der Waals surface area contributed by atoms with E-state index in [1.807, 2.05) is 0 Å². The minimum absolute atomic E-state index is 0.300. The van der Waals surface area contributed by atoms with Crippen molar-refractivity contribution in [3.8, 4) is 11.1 Å². The first-order chi connectivity index (χ1) is 17.1. The zero-order valence-electron chi connectivity index (χ0n) is 22.0. The zero-order chi connectivity index (χ0) is 25.9. The van der Waals surface area contributed by atoms with Crippen molar-refractivity contribution in [1.29, 1.82) is 0 Å². The molecule has 0 aliphatic heterocycles. The maximum absolute atomic E-state index is 11.8. The minimum Gasteiger partial charge on any atom is -0.285 e. The van der Waals surface area contributed by atoms with Crippen LogP contribution in [-0.4, -0.2) is 23.7 Å². The van der Waals surface area contributed by atoms with E-state index >= 15 is 0 Å². The normalized spacial score (nSPS) is 20.1. The van der Waals surface area contributed by atoms with Crippen LogP contribution in [0.2, 0.25) is 0 Å². The van der Waals surface area contributed by atoms with Gasteiger partial charge in [0, 0.05) is 11.5 Å². The van der Waals surface area contributed by atoms with Crippen LogP contribution in [0.25, 0.3) is 11.1 Å². The summed E-state index contributed by atoms with van der Waals surface area (Å²) >= 11 is 0. The first-order valence-corrected chi connectivity index (χ1v) is 15.0. The van der Waals surface area contributed by atoms with Crippen LogP contribution in [0.3, 0.4) is 0 Å². The van der Waals surface area contributed by atoms with E-state index in [1.54, 1.807) is 0 Å². The van der Waals surface area contributed by atoms with Crippen molar-refractivity contribution >= 4 is 16.1 Å². The molecule has 4 nitrogen and oxygen atoms in total. The number of carbonyl (C=O) groups excluding carboxylic acids is 1. The van der Waals surface area contributed by atoms with Gasteiger partial charge >= 0.3 is 0 Å². The van der Waals surface area contributed by atoms with E-state index in [0.29, 0.717) is 5.92 Å². The van der Waals surface area contributed by atoms with Gasteiger partial charge in [-0.05, 0) is 92.2 Å². The maximum atomic E-state index is 11.8. The lowest BCUT2D eigenvalue weighted by Gasteiger charge is -2.30. The molecule has 2 aromatic rings. The molecule has 1 atom stereocenters. The van der Waals surface area contributed by atoms with Crippen LogP contribution in [0.4, 0.5) is 0 Å². The fraction of sp³-hybridized carbons (Fsp3) is 0.548. The average molecular weight is 509 g/mol. The molecule has 0 bridgehead atoms. The average Bonchev–Trinajstić information content (AvgIpc) is 3.22. The Morgan fingerprint density at radius 3 is 2.25 bits per heavy atom. The molecule has 3 aliphatic rings. The van der Waals surface area contributed by atoms with Crippen molar-refractivity contribution < 1.29 is 17.8 Å². The Morgan fingerprint density at radius 2 is 1.58 bits per heavy atom. The van der Waals surface area contributed by atoms with E-state index < -0.39 is 14.9 Å². The van der Waals surface area contributed by atoms with Crippen LogP contribution in [-0.2, 0) is 27.8 Å². The SMILES string of the molecule is CC(C)(C)S(=O)(=O)O.O=C=C1CCCCC1c1c(CC2CCCCC2)ccc2c1Cc1ccccc1-2. The summed E-state index contributed by atoms with van der Waals surface area (Å²) in [7, 11) is -3.84. The van der Waals surface area contributed by atoms with Crippen molar-refractivity contribution in [3.63, 3.8) is 0 Å². The lowest BCUT2D eigenvalue weighted by atomic mass is 9.74. The van der Waals surface area contributed by atoms with Crippen molar-refractivity contribution in [2.24, 2.45) is 5.92 Å². The molecular weight excluding hydrogens is 468 g/mol. The Labute approximate surface area is 217 Å². The van der Waals surface area contributed by atoms with E-state index in [-0.39, 0.29) is 0 Å². The van der Waals surface area contributed by atoms with Crippen LogP contribution in [0, 0.1) is 5.92 Å². The lowest BCUT2D eigenvalue weighted by Crippen LogP contribution is -2.26. The van der Waals surface area contributed by atoms with E-state index in [2.05, 4.69) is 42.3 Å². The number of allylic oxidation sites excluding steroid dienone is 1. The molecule has 3 aliphatic carbocycles. The Hall–Kier alpha value is -2.20. The highest BCUT2D eigenvalue weighted by Gasteiger charge is 2.31. The van der Waals surface area contributed by atoms with Crippen LogP contribution < -0.4 is 0 Å². The van der Waals surface area contributed by atoms with Gasteiger partial charge < -0.3 is 0 Å². The molecule has 5 rings (SSSR count). The summed E-state index contributed by atoms with van der Waals surface area (Å²) in [5.74, 6) is 3.48. The second-order valence-electron chi connectivity index (χ2n) is 11.7. The van der Waals surface area contributed by atoms with Crippen LogP contribution in [0.15, 0.2) is 42.0 Å². The van der Waals surface area contributed by atoms with E-state index in [9.17, 15) is 13.2 Å².